The molecule has 3 aromatic rings. The van der Waals surface area contributed by atoms with Gasteiger partial charge in [-0.15, -0.1) is 0 Å². The first kappa shape index (κ1) is 24.4. The minimum atomic E-state index is -0.641. The summed E-state index contributed by atoms with van der Waals surface area (Å²) in [6, 6.07) is 5.86. The first-order chi connectivity index (χ1) is 15.9. The van der Waals surface area contributed by atoms with Gasteiger partial charge in [0, 0.05) is 16.8 Å². The number of nitrogen functional groups attached to an aromatic ring is 1. The number of rotatable bonds is 10. The molecule has 0 radical (unpaired) electrons. The largest absolute Gasteiger partial charge is 0.388 e. The molecule has 0 aliphatic carbocycles. The van der Waals surface area contributed by atoms with Gasteiger partial charge in [-0.05, 0) is 25.0 Å². The zero-order chi connectivity index (χ0) is 23.4. The monoisotopic (exact) mass is 539 g/mol. The van der Waals surface area contributed by atoms with Crippen LogP contribution < -0.4 is 5.73 Å². The minimum absolute atomic E-state index is 0.0850. The fourth-order valence-electron chi connectivity index (χ4n) is 3.87. The van der Waals surface area contributed by atoms with Crippen LogP contribution in [0.5, 0.6) is 0 Å². The van der Waals surface area contributed by atoms with Gasteiger partial charge in [0.1, 0.15) is 18.1 Å². The summed E-state index contributed by atoms with van der Waals surface area (Å²) in [7, 11) is -0.285. The van der Waals surface area contributed by atoms with Crippen molar-refractivity contribution in [1.29, 1.82) is 0 Å². The molecule has 1 aliphatic heterocycles. The number of benzene rings is 1. The second-order valence-electron chi connectivity index (χ2n) is 8.07. The predicted molar refractivity (Wildman–Crippen MR) is 127 cm³/mol. The van der Waals surface area contributed by atoms with Gasteiger partial charge in [0.15, 0.2) is 20.5 Å². The van der Waals surface area contributed by atoms with Crippen molar-refractivity contribution in [3.05, 3.63) is 46.5 Å². The Morgan fingerprint density at radius 2 is 2.21 bits per heavy atom. The maximum absolute atomic E-state index is 10.3. The third-order valence-electron chi connectivity index (χ3n) is 5.52. The summed E-state index contributed by atoms with van der Waals surface area (Å²) < 4.78 is 19.6. The fourth-order valence-corrected chi connectivity index (χ4v) is 4.82. The van der Waals surface area contributed by atoms with Gasteiger partial charge in [-0.2, -0.15) is 4.67 Å². The number of hydrogen-bond acceptors (Lipinski definition) is 9. The molecule has 33 heavy (non-hydrogen) atoms. The van der Waals surface area contributed by atoms with E-state index in [0.29, 0.717) is 30.0 Å². The Kier molecular flexibility index (Phi) is 8.24. The standard InChI is InChI=1S/C21H27BrN5O5P/c1-12-3-4-16(22)15(7-12)17(28)5-6-29-32-33-30-9-14-8-13(2)21(31-14)27-11-26-18-19(23)24-10-25-20(18)27/h3-4,7,10-11,13-14,17,21,28,33H,5-6,8-9H2,1-2H3,(H2,23,24,25). The molecule has 0 saturated carbocycles. The van der Waals surface area contributed by atoms with E-state index in [0.717, 1.165) is 22.0 Å². The van der Waals surface area contributed by atoms with E-state index in [2.05, 4.69) is 37.8 Å². The van der Waals surface area contributed by atoms with Crippen LogP contribution in [0, 0.1) is 12.8 Å². The number of aryl methyl sites for hydroxylation is 1. The number of fused-ring (bicyclic) bond motifs is 1. The average molecular weight is 540 g/mol. The lowest BCUT2D eigenvalue weighted by atomic mass is 10.0. The normalized spacial score (nSPS) is 22.0. The maximum atomic E-state index is 10.3. The zero-order valence-electron chi connectivity index (χ0n) is 18.3. The fraction of sp³-hybridized carbons (Fsp3) is 0.476. The molecule has 12 heteroatoms. The van der Waals surface area contributed by atoms with E-state index in [-0.39, 0.29) is 33.9 Å². The highest BCUT2D eigenvalue weighted by molar-refractivity contribution is 9.10. The molecule has 10 nitrogen and oxygen atoms in total. The average Bonchev–Trinajstić information content (AvgIpc) is 3.38. The van der Waals surface area contributed by atoms with Gasteiger partial charge in [-0.1, -0.05) is 40.5 Å². The molecule has 0 spiro atoms. The molecule has 1 fully saturated rings. The van der Waals surface area contributed by atoms with Gasteiger partial charge in [-0.25, -0.2) is 19.8 Å². The predicted octanol–water partition coefficient (Wildman–Crippen LogP) is 4.00. The number of anilines is 1. The van der Waals surface area contributed by atoms with Gasteiger partial charge in [-0.3, -0.25) is 4.57 Å². The van der Waals surface area contributed by atoms with Crippen LogP contribution in [0.2, 0.25) is 0 Å². The van der Waals surface area contributed by atoms with Crippen LogP contribution in [-0.4, -0.2) is 43.9 Å². The van der Waals surface area contributed by atoms with Crippen molar-refractivity contribution in [2.24, 2.45) is 5.92 Å². The van der Waals surface area contributed by atoms with Gasteiger partial charge < -0.3 is 20.1 Å². The Balaban J connectivity index is 1.16. The number of hydrogen-bond donors (Lipinski definition) is 2. The van der Waals surface area contributed by atoms with Crippen LogP contribution in [0.3, 0.4) is 0 Å². The van der Waals surface area contributed by atoms with Crippen molar-refractivity contribution < 1.29 is 23.9 Å². The molecule has 1 aromatic carbocycles. The van der Waals surface area contributed by atoms with Crippen LogP contribution in [0.15, 0.2) is 35.3 Å². The van der Waals surface area contributed by atoms with E-state index in [1.165, 1.54) is 6.33 Å². The Bertz CT molecular complexity index is 1090. The highest BCUT2D eigenvalue weighted by Crippen LogP contribution is 2.36. The van der Waals surface area contributed by atoms with Gasteiger partial charge in [0.25, 0.3) is 0 Å². The lowest BCUT2D eigenvalue weighted by Crippen LogP contribution is -2.16. The number of nitrogens with zero attached hydrogens (tertiary/aromatic N) is 4. The summed E-state index contributed by atoms with van der Waals surface area (Å²) in [6.07, 6.45) is 3.41. The topological polar surface area (TPSA) is 127 Å². The van der Waals surface area contributed by atoms with Crippen LogP contribution in [0.4, 0.5) is 5.82 Å². The quantitative estimate of drug-likeness (QED) is 0.170. The molecule has 3 N–H and O–H groups in total. The van der Waals surface area contributed by atoms with Crippen molar-refractivity contribution in [3.8, 4) is 0 Å². The van der Waals surface area contributed by atoms with Crippen molar-refractivity contribution in [2.45, 2.75) is 45.1 Å². The number of aliphatic hydroxyl groups excluding tert-OH is 1. The molecule has 5 unspecified atom stereocenters. The van der Waals surface area contributed by atoms with E-state index in [1.807, 2.05) is 29.7 Å². The summed E-state index contributed by atoms with van der Waals surface area (Å²) in [4.78, 5) is 17.7. The second-order valence-corrected chi connectivity index (χ2v) is 9.55. The first-order valence-corrected chi connectivity index (χ1v) is 12.2. The minimum Gasteiger partial charge on any atom is -0.388 e. The van der Waals surface area contributed by atoms with Gasteiger partial charge >= 0.3 is 0 Å². The van der Waals surface area contributed by atoms with E-state index >= 15 is 0 Å². The number of aliphatic hydroxyl groups is 1. The third-order valence-corrected chi connectivity index (χ3v) is 6.71. The van der Waals surface area contributed by atoms with E-state index in [9.17, 15) is 5.11 Å². The van der Waals surface area contributed by atoms with Crippen molar-refractivity contribution in [1.82, 2.24) is 19.5 Å². The van der Waals surface area contributed by atoms with Crippen LogP contribution >= 0.6 is 25.0 Å². The molecule has 0 bridgehead atoms. The highest BCUT2D eigenvalue weighted by atomic mass is 79.9. The maximum Gasteiger partial charge on any atom is 0.194 e. The molecular formula is C21H27BrN5O5P. The smallest absolute Gasteiger partial charge is 0.194 e. The number of imidazole rings is 1. The Morgan fingerprint density at radius 1 is 1.36 bits per heavy atom. The molecule has 3 heterocycles. The number of halogens is 1. The molecule has 178 valence electrons. The number of ether oxygens (including phenoxy) is 1. The third kappa shape index (κ3) is 5.86. The molecule has 5 atom stereocenters. The number of aromatic nitrogens is 4. The molecule has 1 saturated heterocycles. The van der Waals surface area contributed by atoms with Gasteiger partial charge in [0.05, 0.1) is 31.7 Å². The highest BCUT2D eigenvalue weighted by Gasteiger charge is 2.34. The molecule has 2 aromatic heterocycles. The SMILES string of the molecule is Cc1ccc(Br)c(C(O)CCOOPOCC2CC(C)C(n3cnc4c(N)ncnc43)O2)c1. The van der Waals surface area contributed by atoms with Crippen LogP contribution in [0.1, 0.15) is 43.2 Å². The molecule has 1 aliphatic rings. The first-order valence-electron chi connectivity index (χ1n) is 10.6. The number of nitrogens with two attached hydrogens (primary N) is 1. The summed E-state index contributed by atoms with van der Waals surface area (Å²) >= 11 is 3.46. The summed E-state index contributed by atoms with van der Waals surface area (Å²) in [5.74, 6) is 0.594. The van der Waals surface area contributed by atoms with Crippen molar-refractivity contribution in [3.63, 3.8) is 0 Å². The summed E-state index contributed by atoms with van der Waals surface area (Å²) in [5, 5.41) is 10.3. The van der Waals surface area contributed by atoms with E-state index < -0.39 is 6.10 Å². The second kappa shape index (κ2) is 11.1. The lowest BCUT2D eigenvalue weighted by Gasteiger charge is -2.17. The van der Waals surface area contributed by atoms with Crippen LogP contribution in [-0.2, 0) is 18.8 Å². The van der Waals surface area contributed by atoms with Crippen molar-refractivity contribution in [2.75, 3.05) is 18.9 Å². The van der Waals surface area contributed by atoms with Crippen LogP contribution in [0.25, 0.3) is 11.2 Å². The van der Waals surface area contributed by atoms with Crippen molar-refractivity contribution >= 4 is 41.9 Å². The van der Waals surface area contributed by atoms with E-state index in [4.69, 9.17) is 24.6 Å². The Labute approximate surface area is 201 Å². The lowest BCUT2D eigenvalue weighted by molar-refractivity contribution is -0.208. The Morgan fingerprint density at radius 3 is 3.06 bits per heavy atom. The van der Waals surface area contributed by atoms with Gasteiger partial charge in [0.2, 0.25) is 0 Å². The Hall–Kier alpha value is -1.72. The summed E-state index contributed by atoms with van der Waals surface area (Å²) in [5.41, 5.74) is 9.02. The summed E-state index contributed by atoms with van der Waals surface area (Å²) in [6.45, 7) is 4.72. The molecule has 0 amide bonds. The molecule has 4 rings (SSSR count). The molecular weight excluding hydrogens is 513 g/mol. The van der Waals surface area contributed by atoms with E-state index in [1.54, 1.807) is 6.33 Å². The zero-order valence-corrected chi connectivity index (χ0v) is 20.9.